The third-order valence-electron chi connectivity index (χ3n) is 4.90. The number of nitrogens with zero attached hydrogens (tertiary/aromatic N) is 2. The van der Waals surface area contributed by atoms with E-state index in [2.05, 4.69) is 53.1 Å². The van der Waals surface area contributed by atoms with Crippen LogP contribution in [0.15, 0.2) is 30.3 Å². The Morgan fingerprint density at radius 1 is 1.18 bits per heavy atom. The summed E-state index contributed by atoms with van der Waals surface area (Å²) in [5.74, 6) is 0.336. The van der Waals surface area contributed by atoms with Crippen LogP contribution in [-0.2, 0) is 4.79 Å². The van der Waals surface area contributed by atoms with Gasteiger partial charge in [0.25, 0.3) is 0 Å². The lowest BCUT2D eigenvalue weighted by atomic mass is 10.1. The highest BCUT2D eigenvalue weighted by Crippen LogP contribution is 2.30. The summed E-state index contributed by atoms with van der Waals surface area (Å²) in [6, 6.07) is 9.50. The molecule has 3 nitrogen and oxygen atoms in total. The number of benzene rings is 1. The molecule has 2 unspecified atom stereocenters. The molecule has 2 saturated heterocycles. The van der Waals surface area contributed by atoms with Crippen LogP contribution in [0.25, 0.3) is 6.08 Å². The van der Waals surface area contributed by atoms with Crippen molar-refractivity contribution in [3.8, 4) is 0 Å². The second-order valence-corrected chi connectivity index (χ2v) is 6.57. The van der Waals surface area contributed by atoms with Crippen molar-refractivity contribution in [1.29, 1.82) is 0 Å². The molecule has 2 atom stereocenters. The first kappa shape index (κ1) is 15.3. The number of carbonyl (C=O) groups excluding carboxylic acids is 1. The van der Waals surface area contributed by atoms with Gasteiger partial charge in [-0.1, -0.05) is 48.9 Å². The second-order valence-electron chi connectivity index (χ2n) is 6.57. The zero-order valence-electron chi connectivity index (χ0n) is 13.7. The van der Waals surface area contributed by atoms with Gasteiger partial charge in [-0.3, -0.25) is 9.69 Å². The Balaban J connectivity index is 1.55. The van der Waals surface area contributed by atoms with Gasteiger partial charge in [-0.25, -0.2) is 0 Å². The average Bonchev–Trinajstić information content (AvgIpc) is 2.79. The lowest BCUT2D eigenvalue weighted by Gasteiger charge is -2.40. The lowest BCUT2D eigenvalue weighted by Crippen LogP contribution is -2.55. The fourth-order valence-corrected chi connectivity index (χ4v) is 3.74. The summed E-state index contributed by atoms with van der Waals surface area (Å²) >= 11 is 0. The lowest BCUT2D eigenvalue weighted by molar-refractivity contribution is -0.136. The topological polar surface area (TPSA) is 23.6 Å². The van der Waals surface area contributed by atoms with Crippen molar-refractivity contribution in [3.05, 3.63) is 41.5 Å². The molecular formula is C19H26N2O. The highest BCUT2D eigenvalue weighted by atomic mass is 16.2. The van der Waals surface area contributed by atoms with Crippen molar-refractivity contribution in [2.45, 2.75) is 45.2 Å². The van der Waals surface area contributed by atoms with E-state index in [1.165, 1.54) is 24.0 Å². The number of hydrogen-bond donors (Lipinski definition) is 0. The molecule has 118 valence electrons. The Kier molecular flexibility index (Phi) is 4.63. The molecule has 0 N–H and O–H groups in total. The number of hydrogen-bond acceptors (Lipinski definition) is 2. The van der Waals surface area contributed by atoms with Crippen LogP contribution in [0.2, 0.25) is 0 Å². The van der Waals surface area contributed by atoms with Gasteiger partial charge in [0.1, 0.15) is 0 Å². The van der Waals surface area contributed by atoms with Crippen LogP contribution in [0.5, 0.6) is 0 Å². The van der Waals surface area contributed by atoms with E-state index in [0.29, 0.717) is 24.4 Å². The normalized spacial score (nSPS) is 25.1. The van der Waals surface area contributed by atoms with Gasteiger partial charge in [0.15, 0.2) is 0 Å². The highest BCUT2D eigenvalue weighted by molar-refractivity contribution is 5.77. The molecule has 2 bridgehead atoms. The predicted molar refractivity (Wildman–Crippen MR) is 90.6 cm³/mol. The van der Waals surface area contributed by atoms with Gasteiger partial charge in [-0.2, -0.15) is 0 Å². The van der Waals surface area contributed by atoms with Crippen LogP contribution in [-0.4, -0.2) is 47.4 Å². The largest absolute Gasteiger partial charge is 0.334 e. The Morgan fingerprint density at radius 2 is 1.82 bits per heavy atom. The highest BCUT2D eigenvalue weighted by Gasteiger charge is 2.41. The van der Waals surface area contributed by atoms with Crippen molar-refractivity contribution < 1.29 is 4.79 Å². The molecule has 0 spiro atoms. The summed E-state index contributed by atoms with van der Waals surface area (Å²) < 4.78 is 0. The molecule has 2 heterocycles. The zero-order chi connectivity index (χ0) is 15.5. The maximum absolute atomic E-state index is 12.1. The summed E-state index contributed by atoms with van der Waals surface area (Å²) in [7, 11) is 0. The number of rotatable bonds is 4. The molecule has 3 rings (SSSR count). The minimum atomic E-state index is 0.336. The first-order valence-electron chi connectivity index (χ1n) is 8.44. The number of amides is 1. The van der Waals surface area contributed by atoms with Crippen LogP contribution in [0, 0.1) is 6.92 Å². The number of likely N-dealkylation sites (tertiary alicyclic amines) is 1. The van der Waals surface area contributed by atoms with Crippen molar-refractivity contribution in [2.75, 3.05) is 19.6 Å². The molecule has 0 radical (unpaired) electrons. The average molecular weight is 298 g/mol. The second kappa shape index (κ2) is 6.66. The predicted octanol–water partition coefficient (Wildman–Crippen LogP) is 3.09. The van der Waals surface area contributed by atoms with Crippen LogP contribution in [0.1, 0.15) is 37.3 Å². The van der Waals surface area contributed by atoms with Gasteiger partial charge in [-0.15, -0.1) is 0 Å². The summed E-state index contributed by atoms with van der Waals surface area (Å²) in [6.45, 7) is 7.12. The fourth-order valence-electron chi connectivity index (χ4n) is 3.74. The van der Waals surface area contributed by atoms with E-state index < -0.39 is 0 Å². The maximum atomic E-state index is 12.1. The van der Waals surface area contributed by atoms with E-state index >= 15 is 0 Å². The van der Waals surface area contributed by atoms with E-state index in [9.17, 15) is 4.79 Å². The van der Waals surface area contributed by atoms with Gasteiger partial charge in [0, 0.05) is 38.1 Å². The number of fused-ring (bicyclic) bond motifs is 2. The first-order chi connectivity index (χ1) is 10.7. The molecule has 2 fully saturated rings. The van der Waals surface area contributed by atoms with Crippen LogP contribution in [0.3, 0.4) is 0 Å². The van der Waals surface area contributed by atoms with Crippen LogP contribution in [0.4, 0.5) is 0 Å². The molecule has 0 aromatic heterocycles. The maximum Gasteiger partial charge on any atom is 0.222 e. The summed E-state index contributed by atoms with van der Waals surface area (Å²) in [6.07, 6.45) is 7.44. The molecule has 2 aliphatic heterocycles. The first-order valence-corrected chi connectivity index (χ1v) is 8.44. The van der Waals surface area contributed by atoms with E-state index in [-0.39, 0.29) is 0 Å². The molecule has 0 saturated carbocycles. The standard InChI is InChI=1S/C19H26N2O/c1-3-19(22)21-17-10-11-18(21)14-20(13-17)12-4-5-16-8-6-15(2)7-9-16/h4-9,17-18H,3,10-14H2,1-2H3/b5-4+. The Hall–Kier alpha value is -1.61. The van der Waals surface area contributed by atoms with Gasteiger partial charge < -0.3 is 4.90 Å². The van der Waals surface area contributed by atoms with Crippen molar-refractivity contribution >= 4 is 12.0 Å². The smallest absolute Gasteiger partial charge is 0.222 e. The monoisotopic (exact) mass is 298 g/mol. The van der Waals surface area contributed by atoms with Crippen LogP contribution >= 0.6 is 0 Å². The summed E-state index contributed by atoms with van der Waals surface area (Å²) in [4.78, 5) is 16.7. The Bertz CT molecular complexity index is 535. The molecule has 22 heavy (non-hydrogen) atoms. The zero-order valence-corrected chi connectivity index (χ0v) is 13.7. The van der Waals surface area contributed by atoms with Gasteiger partial charge in [-0.05, 0) is 25.3 Å². The molecule has 1 aromatic carbocycles. The van der Waals surface area contributed by atoms with Gasteiger partial charge in [0.2, 0.25) is 5.91 Å². The van der Waals surface area contributed by atoms with Crippen molar-refractivity contribution in [1.82, 2.24) is 9.80 Å². The van der Waals surface area contributed by atoms with E-state index in [1.54, 1.807) is 0 Å². The van der Waals surface area contributed by atoms with Gasteiger partial charge in [0.05, 0.1) is 0 Å². The Labute approximate surface area is 133 Å². The van der Waals surface area contributed by atoms with Crippen LogP contribution < -0.4 is 0 Å². The quantitative estimate of drug-likeness (QED) is 0.853. The Morgan fingerprint density at radius 3 is 2.41 bits per heavy atom. The summed E-state index contributed by atoms with van der Waals surface area (Å²) in [5.41, 5.74) is 2.55. The molecule has 1 aromatic rings. The minimum Gasteiger partial charge on any atom is -0.334 e. The van der Waals surface area contributed by atoms with E-state index in [4.69, 9.17) is 0 Å². The molecule has 0 aliphatic carbocycles. The SMILES string of the molecule is CCC(=O)N1C2CCC1CN(C/C=C/c1ccc(C)cc1)C2. The third-order valence-corrected chi connectivity index (χ3v) is 4.90. The molecule has 3 heteroatoms. The fraction of sp³-hybridized carbons (Fsp3) is 0.526. The van der Waals surface area contributed by atoms with E-state index in [0.717, 1.165) is 19.6 Å². The number of aryl methyl sites for hydroxylation is 1. The van der Waals surface area contributed by atoms with Crippen molar-refractivity contribution in [3.63, 3.8) is 0 Å². The molecule has 1 amide bonds. The molecular weight excluding hydrogens is 272 g/mol. The molecule has 2 aliphatic rings. The summed E-state index contributed by atoms with van der Waals surface area (Å²) in [5, 5.41) is 0. The van der Waals surface area contributed by atoms with E-state index in [1.807, 2.05) is 6.92 Å². The number of piperazine rings is 1. The number of carbonyl (C=O) groups is 1. The van der Waals surface area contributed by atoms with Gasteiger partial charge >= 0.3 is 0 Å². The van der Waals surface area contributed by atoms with Crippen molar-refractivity contribution in [2.24, 2.45) is 0 Å². The third kappa shape index (κ3) is 3.25. The minimum absolute atomic E-state index is 0.336.